The van der Waals surface area contributed by atoms with Gasteiger partial charge < -0.3 is 0 Å². The van der Waals surface area contributed by atoms with Crippen LogP contribution in [-0.2, 0) is 0 Å². The second-order valence-corrected chi connectivity index (χ2v) is 0.723. The fraction of sp³-hybridized carbons (Fsp3) is 0. The lowest BCUT2D eigenvalue weighted by molar-refractivity contribution is 1.90. The van der Waals surface area contributed by atoms with Crippen molar-refractivity contribution < 1.29 is 0 Å². The van der Waals surface area contributed by atoms with E-state index in [9.17, 15) is 0 Å². The van der Waals surface area contributed by atoms with Gasteiger partial charge in [0.25, 0.3) is 0 Å². The molecule has 0 unspecified atom stereocenters. The summed E-state index contributed by atoms with van der Waals surface area (Å²) in [7, 11) is 0. The molecule has 6 heavy (non-hydrogen) atoms. The van der Waals surface area contributed by atoms with Crippen LogP contribution >= 0.6 is 0 Å². The van der Waals surface area contributed by atoms with Crippen molar-refractivity contribution in [1.29, 1.82) is 0 Å². The Hall–Kier alpha value is -0.700. The minimum absolute atomic E-state index is 1.62. The molecule has 2 radical (unpaired) electrons. The van der Waals surface area contributed by atoms with Crippen molar-refractivity contribution in [2.24, 2.45) is 0 Å². The summed E-state index contributed by atoms with van der Waals surface area (Å²) in [5, 5.41) is 0. The Morgan fingerprint density at radius 3 is 2.33 bits per heavy atom. The van der Waals surface area contributed by atoms with Gasteiger partial charge in [-0.25, -0.2) is 0 Å². The Bertz CT molecular complexity index is 79.9. The van der Waals surface area contributed by atoms with Crippen molar-refractivity contribution in [3.63, 3.8) is 0 Å². The first-order valence-electron chi connectivity index (χ1n) is 1.63. The van der Waals surface area contributed by atoms with Gasteiger partial charge in [0.1, 0.15) is 0 Å². The zero-order valence-electron chi connectivity index (χ0n) is 3.57. The zero-order chi connectivity index (χ0) is 4.83. The van der Waals surface area contributed by atoms with Gasteiger partial charge in [-0.1, -0.05) is 12.0 Å². The fourth-order valence-corrected chi connectivity index (χ4v) is 0.118. The highest BCUT2D eigenvalue weighted by molar-refractivity contribution is 5.17. The molecule has 0 atom stereocenters. The maximum atomic E-state index is 3.41. The summed E-state index contributed by atoms with van der Waals surface area (Å²) in [6.45, 7) is 6.70. The fourth-order valence-electron chi connectivity index (χ4n) is 0.118. The van der Waals surface area contributed by atoms with Crippen molar-refractivity contribution in [2.45, 2.75) is 0 Å². The minimum atomic E-state index is 1.62. The molecule has 30 valence electrons. The molecule has 0 heterocycles. The average Bonchev–Trinajstić information content (AvgIpc) is 1.61. The molecular formula is C6H6. The molecule has 0 rings (SSSR count). The largest absolute Gasteiger partial charge is 0.102 e. The third-order valence-corrected chi connectivity index (χ3v) is 0.303. The average molecular weight is 78.1 g/mol. The van der Waals surface area contributed by atoms with Crippen LogP contribution in [0.25, 0.3) is 0 Å². The van der Waals surface area contributed by atoms with Gasteiger partial charge in [-0.2, -0.15) is 0 Å². The Labute approximate surface area is 38.9 Å². The van der Waals surface area contributed by atoms with Gasteiger partial charge in [0.15, 0.2) is 0 Å². The van der Waals surface area contributed by atoms with Gasteiger partial charge >= 0.3 is 0 Å². The van der Waals surface area contributed by atoms with Crippen molar-refractivity contribution in [1.82, 2.24) is 0 Å². The van der Waals surface area contributed by atoms with E-state index < -0.39 is 0 Å². The lowest BCUT2D eigenvalue weighted by Gasteiger charge is -1.62. The van der Waals surface area contributed by atoms with E-state index >= 15 is 0 Å². The quantitative estimate of drug-likeness (QED) is 0.413. The summed E-state index contributed by atoms with van der Waals surface area (Å²) in [6, 6.07) is 0. The van der Waals surface area contributed by atoms with Gasteiger partial charge in [0.2, 0.25) is 0 Å². The topological polar surface area (TPSA) is 0 Å². The summed E-state index contributed by atoms with van der Waals surface area (Å²) in [6.07, 6.45) is 3.27. The van der Waals surface area contributed by atoms with Gasteiger partial charge in [0.05, 0.1) is 6.42 Å². The molecule has 0 bridgehead atoms. The van der Waals surface area contributed by atoms with Crippen molar-refractivity contribution in [3.8, 4) is 11.8 Å². The van der Waals surface area contributed by atoms with Crippen molar-refractivity contribution in [2.75, 3.05) is 0 Å². The molecule has 0 aromatic heterocycles. The molecule has 0 aromatic rings. The van der Waals surface area contributed by atoms with Crippen LogP contribution < -0.4 is 0 Å². The zero-order valence-corrected chi connectivity index (χ0v) is 3.57. The van der Waals surface area contributed by atoms with E-state index in [1.807, 2.05) is 0 Å². The van der Waals surface area contributed by atoms with Gasteiger partial charge in [-0.15, -0.1) is 12.5 Å². The van der Waals surface area contributed by atoms with Crippen LogP contribution in [0.15, 0.2) is 12.7 Å². The number of allylic oxidation sites excluding steroid dienone is 1. The van der Waals surface area contributed by atoms with Crippen molar-refractivity contribution >= 4 is 0 Å². The maximum Gasteiger partial charge on any atom is 0.0552 e. The summed E-state index contributed by atoms with van der Waals surface area (Å²) in [4.78, 5) is 0. The van der Waals surface area contributed by atoms with E-state index in [0.29, 0.717) is 0 Å². The molecule has 0 aliphatic rings. The second kappa shape index (κ2) is 4.30. The molecule has 0 nitrogen and oxygen atoms in total. The molecule has 0 saturated heterocycles. The molecule has 0 saturated carbocycles. The van der Waals surface area contributed by atoms with Gasteiger partial charge in [-0.05, 0) is 0 Å². The van der Waals surface area contributed by atoms with Crippen LogP contribution in [0.4, 0.5) is 0 Å². The summed E-state index contributed by atoms with van der Waals surface area (Å²) in [5.41, 5.74) is 0. The van der Waals surface area contributed by atoms with E-state index in [2.05, 4.69) is 25.3 Å². The van der Waals surface area contributed by atoms with Crippen LogP contribution in [-0.4, -0.2) is 0 Å². The molecule has 0 aliphatic carbocycles. The highest BCUT2D eigenvalue weighted by atomic mass is 13.6. The molecule has 0 N–H and O–H groups in total. The smallest absolute Gasteiger partial charge is 0.0552 e. The van der Waals surface area contributed by atoms with Gasteiger partial charge in [-0.3, -0.25) is 0 Å². The monoisotopic (exact) mass is 78.0 g/mol. The highest BCUT2D eigenvalue weighted by Gasteiger charge is 1.56. The van der Waals surface area contributed by atoms with Crippen LogP contribution in [0.1, 0.15) is 0 Å². The summed E-state index contributed by atoms with van der Waals surface area (Å²) >= 11 is 0. The normalized spacial score (nSPS) is 5.50. The Morgan fingerprint density at radius 2 is 2.17 bits per heavy atom. The summed E-state index contributed by atoms with van der Waals surface area (Å²) < 4.78 is 0. The Balaban J connectivity index is 3.00. The van der Waals surface area contributed by atoms with Crippen LogP contribution in [0.5, 0.6) is 0 Å². The first-order valence-corrected chi connectivity index (χ1v) is 1.63. The lowest BCUT2D eigenvalue weighted by atomic mass is 10.4. The molecular weight excluding hydrogens is 72.1 g/mol. The van der Waals surface area contributed by atoms with Crippen molar-refractivity contribution in [3.05, 3.63) is 26.0 Å². The third kappa shape index (κ3) is 3.30. The Kier molecular flexibility index (Phi) is 3.80. The van der Waals surface area contributed by atoms with Crippen LogP contribution in [0.3, 0.4) is 0 Å². The van der Waals surface area contributed by atoms with E-state index in [1.165, 1.54) is 0 Å². The number of rotatable bonds is 1. The number of hydrogen-bond donors (Lipinski definition) is 0. The third-order valence-electron chi connectivity index (χ3n) is 0.303. The molecule has 0 amide bonds. The van der Waals surface area contributed by atoms with E-state index in [4.69, 9.17) is 0 Å². The molecule has 0 spiro atoms. The van der Waals surface area contributed by atoms with E-state index in [-0.39, 0.29) is 0 Å². The predicted octanol–water partition coefficient (Wildman–Crippen LogP) is 1.21. The maximum absolute atomic E-state index is 3.41. The van der Waals surface area contributed by atoms with E-state index in [0.717, 1.165) is 0 Å². The first-order chi connectivity index (χ1) is 2.91. The standard InChI is InChI=1S/C6H6/c1-3-5-6-4-2/h3,5H,1-2H2. The summed E-state index contributed by atoms with van der Waals surface area (Å²) in [5.74, 6) is 5.04. The predicted molar refractivity (Wildman–Crippen MR) is 27.6 cm³/mol. The molecule has 0 aromatic carbocycles. The highest BCUT2D eigenvalue weighted by Crippen LogP contribution is 1.67. The second-order valence-electron chi connectivity index (χ2n) is 0.723. The molecule has 0 aliphatic heterocycles. The molecule has 0 heteroatoms. The minimum Gasteiger partial charge on any atom is -0.102 e. The van der Waals surface area contributed by atoms with E-state index in [1.54, 1.807) is 12.5 Å². The van der Waals surface area contributed by atoms with Crippen LogP contribution in [0.2, 0.25) is 0 Å². The van der Waals surface area contributed by atoms with Crippen LogP contribution in [0, 0.1) is 25.2 Å². The number of hydrogen-bond acceptors (Lipinski definition) is 0. The van der Waals surface area contributed by atoms with Gasteiger partial charge in [0, 0.05) is 6.92 Å². The SMILES string of the molecule is [CH2]C#C[CH]C=C. The lowest BCUT2D eigenvalue weighted by Crippen LogP contribution is -1.52. The first kappa shape index (κ1) is 5.30. The molecule has 0 fully saturated rings. The Morgan fingerprint density at radius 1 is 1.50 bits per heavy atom.